The lowest BCUT2D eigenvalue weighted by Crippen LogP contribution is -2.44. The zero-order valence-electron chi connectivity index (χ0n) is 13.3. The molecule has 0 aromatic heterocycles. The van der Waals surface area contributed by atoms with Gasteiger partial charge in [0, 0.05) is 12.2 Å². The van der Waals surface area contributed by atoms with Gasteiger partial charge in [0.1, 0.15) is 0 Å². The highest BCUT2D eigenvalue weighted by molar-refractivity contribution is 7.89. The fourth-order valence-electron chi connectivity index (χ4n) is 3.93. The number of hydrogen-bond donors (Lipinski definition) is 3. The summed E-state index contributed by atoms with van der Waals surface area (Å²) in [4.78, 5) is 12.9. The molecule has 4 N–H and O–H groups in total. The molecular formula is C16H23N3O3S. The van der Waals surface area contributed by atoms with E-state index < -0.39 is 10.0 Å². The molecule has 1 aromatic rings. The summed E-state index contributed by atoms with van der Waals surface area (Å²) >= 11 is 0. The van der Waals surface area contributed by atoms with Gasteiger partial charge in [-0.25, -0.2) is 13.6 Å². The predicted molar refractivity (Wildman–Crippen MR) is 88.4 cm³/mol. The maximum atomic E-state index is 12.9. The van der Waals surface area contributed by atoms with Crippen molar-refractivity contribution in [3.05, 3.63) is 23.8 Å². The highest BCUT2D eigenvalue weighted by atomic mass is 32.2. The van der Waals surface area contributed by atoms with E-state index in [0.717, 1.165) is 25.8 Å². The molecule has 0 bridgehead atoms. The van der Waals surface area contributed by atoms with Crippen LogP contribution in [0.15, 0.2) is 23.1 Å². The van der Waals surface area contributed by atoms with Crippen LogP contribution in [0.4, 0.5) is 5.69 Å². The summed E-state index contributed by atoms with van der Waals surface area (Å²) in [6.45, 7) is 3.25. The maximum absolute atomic E-state index is 12.9. The van der Waals surface area contributed by atoms with Crippen molar-refractivity contribution >= 4 is 21.6 Å². The number of rotatable bonds is 3. The summed E-state index contributed by atoms with van der Waals surface area (Å²) in [5.41, 5.74) is 0.683. The van der Waals surface area contributed by atoms with Gasteiger partial charge in [-0.15, -0.1) is 0 Å². The Balaban J connectivity index is 1.86. The van der Waals surface area contributed by atoms with E-state index in [0.29, 0.717) is 23.7 Å². The van der Waals surface area contributed by atoms with Gasteiger partial charge in [0.15, 0.2) is 0 Å². The second kappa shape index (κ2) is 5.89. The monoisotopic (exact) mass is 337 g/mol. The summed E-state index contributed by atoms with van der Waals surface area (Å²) in [6.07, 6.45) is 4.17. The lowest BCUT2D eigenvalue weighted by Gasteiger charge is -2.37. The molecule has 2 atom stereocenters. The smallest absolute Gasteiger partial charge is 0.238 e. The van der Waals surface area contributed by atoms with Crippen molar-refractivity contribution in [2.75, 3.05) is 18.4 Å². The quantitative estimate of drug-likeness (QED) is 0.775. The van der Waals surface area contributed by atoms with E-state index in [1.165, 1.54) is 12.5 Å². The zero-order valence-corrected chi connectivity index (χ0v) is 14.1. The van der Waals surface area contributed by atoms with E-state index in [1.807, 2.05) is 0 Å². The van der Waals surface area contributed by atoms with Crippen LogP contribution in [0.2, 0.25) is 0 Å². The van der Waals surface area contributed by atoms with Crippen LogP contribution in [0.25, 0.3) is 0 Å². The first-order chi connectivity index (χ1) is 10.8. The first kappa shape index (κ1) is 16.4. The van der Waals surface area contributed by atoms with Gasteiger partial charge in [-0.05, 0) is 49.9 Å². The minimum Gasteiger partial charge on any atom is -0.326 e. The van der Waals surface area contributed by atoms with Gasteiger partial charge in [0.25, 0.3) is 0 Å². The van der Waals surface area contributed by atoms with E-state index in [-0.39, 0.29) is 16.2 Å². The Morgan fingerprint density at radius 2 is 2.17 bits per heavy atom. The topological polar surface area (TPSA) is 101 Å². The SMILES string of the molecule is Cc1ccc(NC(=O)[C@@]23CCCC[C@H]2CNC3)cc1S(N)(=O)=O. The Morgan fingerprint density at radius 3 is 2.91 bits per heavy atom. The summed E-state index contributed by atoms with van der Waals surface area (Å²) in [7, 11) is -3.80. The van der Waals surface area contributed by atoms with Crippen LogP contribution in [-0.2, 0) is 14.8 Å². The van der Waals surface area contributed by atoms with E-state index in [1.54, 1.807) is 19.1 Å². The summed E-state index contributed by atoms with van der Waals surface area (Å²) in [5.74, 6) is 0.343. The van der Waals surface area contributed by atoms with Crippen LogP contribution < -0.4 is 15.8 Å². The average molecular weight is 337 g/mol. The van der Waals surface area contributed by atoms with Crippen LogP contribution in [0.1, 0.15) is 31.2 Å². The number of benzene rings is 1. The molecule has 1 aliphatic heterocycles. The van der Waals surface area contributed by atoms with Crippen molar-refractivity contribution in [2.24, 2.45) is 16.5 Å². The van der Waals surface area contributed by atoms with E-state index >= 15 is 0 Å². The molecule has 2 aliphatic rings. The first-order valence-corrected chi connectivity index (χ1v) is 9.53. The van der Waals surface area contributed by atoms with Crippen molar-refractivity contribution in [2.45, 2.75) is 37.5 Å². The minimum atomic E-state index is -3.80. The number of sulfonamides is 1. The number of fused-ring (bicyclic) bond motifs is 1. The number of nitrogens with one attached hydrogen (secondary N) is 2. The first-order valence-electron chi connectivity index (χ1n) is 7.98. The normalized spacial score (nSPS) is 27.5. The molecule has 2 fully saturated rings. The second-order valence-electron chi connectivity index (χ2n) is 6.71. The number of primary sulfonamides is 1. The Morgan fingerprint density at radius 1 is 1.39 bits per heavy atom. The molecule has 0 radical (unpaired) electrons. The van der Waals surface area contributed by atoms with E-state index in [4.69, 9.17) is 5.14 Å². The van der Waals surface area contributed by atoms with Gasteiger partial charge in [0.05, 0.1) is 10.3 Å². The van der Waals surface area contributed by atoms with Gasteiger partial charge in [-0.2, -0.15) is 0 Å². The lowest BCUT2D eigenvalue weighted by atomic mass is 9.67. The standard InChI is InChI=1S/C16H23N3O3S/c1-11-5-6-13(8-14(11)23(17,21)22)19-15(20)16-7-3-2-4-12(16)9-18-10-16/h5-6,8,12,18H,2-4,7,9-10H2,1H3,(H,19,20)(H2,17,21,22)/t12-,16+/m0/s1. The number of nitrogens with two attached hydrogens (primary N) is 1. The molecule has 1 amide bonds. The molecule has 0 unspecified atom stereocenters. The number of anilines is 1. The largest absolute Gasteiger partial charge is 0.326 e. The van der Waals surface area contributed by atoms with Crippen LogP contribution in [0.5, 0.6) is 0 Å². The highest BCUT2D eigenvalue weighted by Crippen LogP contribution is 2.44. The predicted octanol–water partition coefficient (Wildman–Crippen LogP) is 1.36. The third-order valence-electron chi connectivity index (χ3n) is 5.24. The van der Waals surface area contributed by atoms with Crippen LogP contribution in [0.3, 0.4) is 0 Å². The van der Waals surface area contributed by atoms with Gasteiger partial charge in [-0.3, -0.25) is 4.79 Å². The molecule has 126 valence electrons. The molecule has 1 aliphatic carbocycles. The van der Waals surface area contributed by atoms with Gasteiger partial charge < -0.3 is 10.6 Å². The summed E-state index contributed by atoms with van der Waals surface area (Å²) < 4.78 is 23.3. The van der Waals surface area contributed by atoms with Crippen molar-refractivity contribution < 1.29 is 13.2 Å². The lowest BCUT2D eigenvalue weighted by molar-refractivity contribution is -0.128. The molecule has 7 heteroatoms. The third kappa shape index (κ3) is 3.00. The molecule has 6 nitrogen and oxygen atoms in total. The molecule has 1 heterocycles. The fraction of sp³-hybridized carbons (Fsp3) is 0.562. The number of amides is 1. The Labute approximate surface area is 136 Å². The number of carbonyl (C=O) groups is 1. The van der Waals surface area contributed by atoms with Crippen LogP contribution >= 0.6 is 0 Å². The Kier molecular flexibility index (Phi) is 4.20. The number of aryl methyl sites for hydroxylation is 1. The van der Waals surface area contributed by atoms with Crippen molar-refractivity contribution in [3.8, 4) is 0 Å². The van der Waals surface area contributed by atoms with Crippen LogP contribution in [0, 0.1) is 18.3 Å². The van der Waals surface area contributed by atoms with Crippen molar-refractivity contribution in [3.63, 3.8) is 0 Å². The highest BCUT2D eigenvalue weighted by Gasteiger charge is 2.49. The molecule has 1 saturated carbocycles. The summed E-state index contributed by atoms with van der Waals surface area (Å²) in [6, 6.07) is 4.83. The van der Waals surface area contributed by atoms with Crippen molar-refractivity contribution in [1.82, 2.24) is 5.32 Å². The summed E-state index contributed by atoms with van der Waals surface area (Å²) in [5, 5.41) is 11.5. The fourth-order valence-corrected chi connectivity index (χ4v) is 4.74. The minimum absolute atomic E-state index is 0.0172. The van der Waals surface area contributed by atoms with E-state index in [2.05, 4.69) is 10.6 Å². The number of carbonyl (C=O) groups excluding carboxylic acids is 1. The van der Waals surface area contributed by atoms with E-state index in [9.17, 15) is 13.2 Å². The van der Waals surface area contributed by atoms with Crippen molar-refractivity contribution in [1.29, 1.82) is 0 Å². The van der Waals surface area contributed by atoms with Gasteiger partial charge in [-0.1, -0.05) is 18.9 Å². The molecule has 0 spiro atoms. The van der Waals surface area contributed by atoms with Gasteiger partial charge >= 0.3 is 0 Å². The molecule has 23 heavy (non-hydrogen) atoms. The zero-order chi connectivity index (χ0) is 16.7. The Bertz CT molecular complexity index is 732. The molecule has 1 aromatic carbocycles. The van der Waals surface area contributed by atoms with Gasteiger partial charge in [0.2, 0.25) is 15.9 Å². The second-order valence-corrected chi connectivity index (χ2v) is 8.24. The molecule has 1 saturated heterocycles. The molecule has 3 rings (SSSR count). The van der Waals surface area contributed by atoms with Crippen LogP contribution in [-0.4, -0.2) is 27.4 Å². The average Bonchev–Trinajstić information content (AvgIpc) is 2.93. The molecular weight excluding hydrogens is 314 g/mol. The maximum Gasteiger partial charge on any atom is 0.238 e. The number of hydrogen-bond acceptors (Lipinski definition) is 4. The Hall–Kier alpha value is -1.44. The third-order valence-corrected chi connectivity index (χ3v) is 6.30.